The SMILES string of the molecule is O=C(NCCCN(C(=O)Nc1cccc(Cl)c1)c1ccc(F)cc1)Nc1cccc(Cl)c1. The normalized spacial score (nSPS) is 10.3. The van der Waals surface area contributed by atoms with Gasteiger partial charge < -0.3 is 16.0 Å². The molecule has 32 heavy (non-hydrogen) atoms. The second-order valence-electron chi connectivity index (χ2n) is 6.81. The van der Waals surface area contributed by atoms with Crippen LogP contribution in [0.3, 0.4) is 0 Å². The molecule has 0 saturated carbocycles. The number of hydrogen-bond acceptors (Lipinski definition) is 2. The summed E-state index contributed by atoms with van der Waals surface area (Å²) >= 11 is 11.9. The Morgan fingerprint density at radius 3 is 2.03 bits per heavy atom. The molecule has 9 heteroatoms. The van der Waals surface area contributed by atoms with Crippen LogP contribution in [0, 0.1) is 5.82 Å². The second kappa shape index (κ2) is 11.4. The highest BCUT2D eigenvalue weighted by atomic mass is 35.5. The third kappa shape index (κ3) is 7.14. The number of carbonyl (C=O) groups excluding carboxylic acids is 2. The molecule has 0 radical (unpaired) electrons. The molecule has 4 amide bonds. The minimum atomic E-state index is -0.401. The van der Waals surface area contributed by atoms with Crippen molar-refractivity contribution in [1.82, 2.24) is 5.32 Å². The number of carbonyl (C=O) groups is 2. The number of nitrogens with one attached hydrogen (secondary N) is 3. The van der Waals surface area contributed by atoms with Gasteiger partial charge in [0, 0.05) is 40.2 Å². The lowest BCUT2D eigenvalue weighted by Gasteiger charge is -2.23. The molecule has 3 N–H and O–H groups in total. The highest BCUT2D eigenvalue weighted by molar-refractivity contribution is 6.31. The van der Waals surface area contributed by atoms with Gasteiger partial charge in [-0.3, -0.25) is 4.90 Å². The smallest absolute Gasteiger partial charge is 0.326 e. The number of nitrogens with zero attached hydrogens (tertiary/aromatic N) is 1. The third-order valence-electron chi connectivity index (χ3n) is 4.39. The van der Waals surface area contributed by atoms with Crippen molar-refractivity contribution in [3.05, 3.63) is 88.7 Å². The predicted octanol–water partition coefficient (Wildman–Crippen LogP) is 6.38. The van der Waals surface area contributed by atoms with Gasteiger partial charge in [0.15, 0.2) is 0 Å². The lowest BCUT2D eigenvalue weighted by atomic mass is 10.2. The second-order valence-corrected chi connectivity index (χ2v) is 7.69. The minimum absolute atomic E-state index is 0.287. The molecule has 0 aromatic heterocycles. The highest BCUT2D eigenvalue weighted by Crippen LogP contribution is 2.19. The summed E-state index contributed by atoms with van der Waals surface area (Å²) in [5.74, 6) is -0.400. The largest absolute Gasteiger partial charge is 0.338 e. The van der Waals surface area contributed by atoms with E-state index in [1.54, 1.807) is 48.5 Å². The van der Waals surface area contributed by atoms with Gasteiger partial charge in [-0.1, -0.05) is 35.3 Å². The molecular formula is C23H21Cl2FN4O2. The van der Waals surface area contributed by atoms with Gasteiger partial charge >= 0.3 is 12.1 Å². The molecule has 166 valence electrons. The maximum absolute atomic E-state index is 13.3. The van der Waals surface area contributed by atoms with E-state index in [0.717, 1.165) is 0 Å². The molecule has 0 unspecified atom stereocenters. The number of halogens is 3. The number of urea groups is 2. The van der Waals surface area contributed by atoms with Crippen molar-refractivity contribution in [3.63, 3.8) is 0 Å². The third-order valence-corrected chi connectivity index (χ3v) is 4.86. The number of rotatable bonds is 7. The Balaban J connectivity index is 1.58. The monoisotopic (exact) mass is 474 g/mol. The van der Waals surface area contributed by atoms with Crippen LogP contribution in [-0.2, 0) is 0 Å². The van der Waals surface area contributed by atoms with E-state index < -0.39 is 11.8 Å². The molecule has 6 nitrogen and oxygen atoms in total. The Kier molecular flexibility index (Phi) is 8.30. The highest BCUT2D eigenvalue weighted by Gasteiger charge is 2.16. The topological polar surface area (TPSA) is 73.5 Å². The van der Waals surface area contributed by atoms with Gasteiger partial charge in [-0.15, -0.1) is 0 Å². The first-order valence-corrected chi connectivity index (χ1v) is 10.6. The van der Waals surface area contributed by atoms with Crippen LogP contribution in [0.5, 0.6) is 0 Å². The van der Waals surface area contributed by atoms with E-state index in [9.17, 15) is 14.0 Å². The first-order chi connectivity index (χ1) is 15.4. The maximum atomic E-state index is 13.3. The fraction of sp³-hybridized carbons (Fsp3) is 0.130. The van der Waals surface area contributed by atoms with Crippen molar-refractivity contribution in [3.8, 4) is 0 Å². The van der Waals surface area contributed by atoms with E-state index in [0.29, 0.717) is 40.1 Å². The summed E-state index contributed by atoms with van der Waals surface area (Å²) in [6, 6.07) is 18.4. The molecule has 0 saturated heterocycles. The average Bonchev–Trinajstić information content (AvgIpc) is 2.74. The van der Waals surface area contributed by atoms with E-state index in [1.807, 2.05) is 0 Å². The molecule has 0 heterocycles. The zero-order valence-electron chi connectivity index (χ0n) is 16.9. The Hall–Kier alpha value is -3.29. The number of amides is 4. The lowest BCUT2D eigenvalue weighted by molar-refractivity contribution is 0.252. The van der Waals surface area contributed by atoms with Gasteiger partial charge in [0.25, 0.3) is 0 Å². The first-order valence-electron chi connectivity index (χ1n) is 9.81. The number of hydrogen-bond donors (Lipinski definition) is 3. The van der Waals surface area contributed by atoms with Crippen molar-refractivity contribution in [1.29, 1.82) is 0 Å². The molecule has 3 rings (SSSR count). The molecule has 3 aromatic carbocycles. The zero-order chi connectivity index (χ0) is 22.9. The van der Waals surface area contributed by atoms with Crippen LogP contribution < -0.4 is 20.9 Å². The number of benzene rings is 3. The van der Waals surface area contributed by atoms with Crippen LogP contribution in [0.15, 0.2) is 72.8 Å². The predicted molar refractivity (Wildman–Crippen MR) is 127 cm³/mol. The van der Waals surface area contributed by atoms with E-state index in [2.05, 4.69) is 16.0 Å². The van der Waals surface area contributed by atoms with Crippen LogP contribution >= 0.6 is 23.2 Å². The quantitative estimate of drug-likeness (QED) is 0.347. The van der Waals surface area contributed by atoms with Gasteiger partial charge in [-0.25, -0.2) is 14.0 Å². The van der Waals surface area contributed by atoms with Gasteiger partial charge in [0.2, 0.25) is 0 Å². The standard InChI is InChI=1S/C23H21Cl2FN4O2/c24-16-4-1-6-19(14-16)28-22(31)27-12-3-13-30(21-10-8-18(26)9-11-21)23(32)29-20-7-2-5-17(25)15-20/h1-2,4-11,14-15H,3,12-13H2,(H,29,32)(H2,27,28,31). The summed E-state index contributed by atoms with van der Waals surface area (Å²) in [7, 11) is 0. The van der Waals surface area contributed by atoms with Crippen LogP contribution in [0.2, 0.25) is 10.0 Å². The van der Waals surface area contributed by atoms with Crippen molar-refractivity contribution >= 4 is 52.3 Å². The molecule has 0 bridgehead atoms. The molecule has 0 spiro atoms. The summed E-state index contributed by atoms with van der Waals surface area (Å²) < 4.78 is 13.3. The maximum Gasteiger partial charge on any atom is 0.326 e. The average molecular weight is 475 g/mol. The molecule has 0 fully saturated rings. The van der Waals surface area contributed by atoms with E-state index in [4.69, 9.17) is 23.2 Å². The van der Waals surface area contributed by atoms with E-state index in [-0.39, 0.29) is 12.6 Å². The van der Waals surface area contributed by atoms with Gasteiger partial charge in [-0.05, 0) is 67.1 Å². The van der Waals surface area contributed by atoms with Gasteiger partial charge in [-0.2, -0.15) is 0 Å². The van der Waals surface area contributed by atoms with Crippen LogP contribution in [0.1, 0.15) is 6.42 Å². The Bertz CT molecular complexity index is 1080. The Morgan fingerprint density at radius 2 is 1.44 bits per heavy atom. The summed E-state index contributed by atoms with van der Waals surface area (Å²) in [4.78, 5) is 26.4. The molecule has 3 aromatic rings. The summed E-state index contributed by atoms with van der Waals surface area (Å²) in [6.45, 7) is 0.601. The summed E-state index contributed by atoms with van der Waals surface area (Å²) in [6.07, 6.45) is 0.462. The fourth-order valence-corrected chi connectivity index (χ4v) is 3.29. The van der Waals surface area contributed by atoms with Crippen molar-refractivity contribution < 1.29 is 14.0 Å². The summed E-state index contributed by atoms with van der Waals surface area (Å²) in [5, 5.41) is 9.21. The van der Waals surface area contributed by atoms with Crippen LogP contribution in [0.25, 0.3) is 0 Å². The van der Waals surface area contributed by atoms with Crippen LogP contribution in [0.4, 0.5) is 31.0 Å². The molecule has 0 aliphatic carbocycles. The molecule has 0 aliphatic rings. The van der Waals surface area contributed by atoms with Gasteiger partial charge in [0.05, 0.1) is 0 Å². The first kappa shape index (κ1) is 23.4. The summed E-state index contributed by atoms with van der Waals surface area (Å²) in [5.41, 5.74) is 1.63. The van der Waals surface area contributed by atoms with E-state index >= 15 is 0 Å². The number of anilines is 3. The van der Waals surface area contributed by atoms with Crippen LogP contribution in [-0.4, -0.2) is 25.2 Å². The lowest BCUT2D eigenvalue weighted by Crippen LogP contribution is -2.38. The Labute approximate surface area is 195 Å². The molecule has 0 atom stereocenters. The van der Waals surface area contributed by atoms with Gasteiger partial charge in [0.1, 0.15) is 5.82 Å². The Morgan fingerprint density at radius 1 is 0.844 bits per heavy atom. The van der Waals surface area contributed by atoms with Crippen molar-refractivity contribution in [2.75, 3.05) is 28.6 Å². The van der Waals surface area contributed by atoms with Crippen molar-refractivity contribution in [2.45, 2.75) is 6.42 Å². The zero-order valence-corrected chi connectivity index (χ0v) is 18.5. The molecule has 0 aliphatic heterocycles. The fourth-order valence-electron chi connectivity index (χ4n) is 2.91. The van der Waals surface area contributed by atoms with E-state index in [1.165, 1.54) is 29.2 Å². The molecular weight excluding hydrogens is 454 g/mol. The minimum Gasteiger partial charge on any atom is -0.338 e. The van der Waals surface area contributed by atoms with Crippen molar-refractivity contribution in [2.24, 2.45) is 0 Å².